The molecule has 6 heteroatoms. The highest BCUT2D eigenvalue weighted by molar-refractivity contribution is 5.71. The fourth-order valence-corrected chi connectivity index (χ4v) is 7.77. The molecule has 0 aliphatic rings. The van der Waals surface area contributed by atoms with E-state index in [-0.39, 0.29) is 37.5 Å². The standard InChI is InChI=1S/C65H108O6/c1-4-7-10-13-16-19-22-25-28-31-32-35-37-40-43-46-49-52-55-58-64(67)70-61-62(71-65(68)59-56-53-50-47-44-41-38-34-30-27-24-21-18-15-12-9-6-3)60-69-63(66)57-54-51-48-45-42-39-36-33-29-26-23-20-17-14-11-8-5-2/h16-17,19-20,25-30,32,35,38,40-41,43,47,50,62H,4-15,18,21-24,31,33-34,36-37,39,42,44-46,48-49,51-61H2,1-3H3/b19-16-,20-17-,28-25-,29-26-,30-27-,35-32-,41-38-,43-40-,50-47-/t62-/m0/s1. The lowest BCUT2D eigenvalue weighted by atomic mass is 10.1. The van der Waals surface area contributed by atoms with E-state index in [4.69, 9.17) is 14.2 Å². The van der Waals surface area contributed by atoms with Crippen LogP contribution in [0.5, 0.6) is 0 Å². The van der Waals surface area contributed by atoms with Gasteiger partial charge in [0.1, 0.15) is 13.2 Å². The van der Waals surface area contributed by atoms with E-state index in [9.17, 15) is 14.4 Å². The molecule has 71 heavy (non-hydrogen) atoms. The van der Waals surface area contributed by atoms with Crippen LogP contribution in [-0.4, -0.2) is 37.2 Å². The van der Waals surface area contributed by atoms with E-state index in [1.54, 1.807) is 0 Å². The largest absolute Gasteiger partial charge is 0.462 e. The molecule has 0 radical (unpaired) electrons. The van der Waals surface area contributed by atoms with Crippen molar-refractivity contribution in [2.75, 3.05) is 13.2 Å². The molecule has 0 N–H and O–H groups in total. The zero-order valence-electron chi connectivity index (χ0n) is 46.2. The Labute approximate surface area is 438 Å². The van der Waals surface area contributed by atoms with Crippen LogP contribution in [0.25, 0.3) is 0 Å². The van der Waals surface area contributed by atoms with Gasteiger partial charge in [-0.05, 0) is 128 Å². The Balaban J connectivity index is 4.54. The summed E-state index contributed by atoms with van der Waals surface area (Å²) < 4.78 is 16.8. The number of ether oxygens (including phenoxy) is 3. The zero-order valence-corrected chi connectivity index (χ0v) is 46.2. The van der Waals surface area contributed by atoms with Crippen molar-refractivity contribution < 1.29 is 28.6 Å². The molecule has 0 heterocycles. The highest BCUT2D eigenvalue weighted by Gasteiger charge is 2.19. The monoisotopic (exact) mass is 985 g/mol. The Hall–Kier alpha value is -3.93. The van der Waals surface area contributed by atoms with Crippen LogP contribution in [-0.2, 0) is 28.6 Å². The van der Waals surface area contributed by atoms with Gasteiger partial charge in [0.15, 0.2) is 6.10 Å². The highest BCUT2D eigenvalue weighted by atomic mass is 16.6. The van der Waals surface area contributed by atoms with Crippen molar-refractivity contribution in [3.8, 4) is 0 Å². The maximum absolute atomic E-state index is 12.8. The molecule has 0 spiro atoms. The van der Waals surface area contributed by atoms with Gasteiger partial charge in [0.2, 0.25) is 0 Å². The smallest absolute Gasteiger partial charge is 0.306 e. The van der Waals surface area contributed by atoms with Crippen molar-refractivity contribution in [2.45, 2.75) is 271 Å². The lowest BCUT2D eigenvalue weighted by Crippen LogP contribution is -2.30. The summed E-state index contributed by atoms with van der Waals surface area (Å²) in [5.74, 6) is -1.00. The van der Waals surface area contributed by atoms with Gasteiger partial charge < -0.3 is 14.2 Å². The number of carbonyl (C=O) groups excluding carboxylic acids is 3. The molecule has 0 aromatic rings. The molecular formula is C65H108O6. The Morgan fingerprint density at radius 1 is 0.282 bits per heavy atom. The van der Waals surface area contributed by atoms with Gasteiger partial charge in [-0.3, -0.25) is 14.4 Å². The quantitative estimate of drug-likeness (QED) is 0.0261. The molecule has 0 aliphatic carbocycles. The van der Waals surface area contributed by atoms with Crippen LogP contribution < -0.4 is 0 Å². The van der Waals surface area contributed by atoms with Crippen LogP contribution in [0.4, 0.5) is 0 Å². The minimum atomic E-state index is -0.824. The molecule has 6 nitrogen and oxygen atoms in total. The number of rotatable bonds is 52. The fourth-order valence-electron chi connectivity index (χ4n) is 7.77. The van der Waals surface area contributed by atoms with Crippen LogP contribution in [0.3, 0.4) is 0 Å². The first-order chi connectivity index (χ1) is 35.0. The summed E-state index contributed by atoms with van der Waals surface area (Å²) in [7, 11) is 0. The van der Waals surface area contributed by atoms with Crippen LogP contribution >= 0.6 is 0 Å². The number of unbranched alkanes of at least 4 members (excludes halogenated alkanes) is 23. The zero-order chi connectivity index (χ0) is 51.4. The second kappa shape index (κ2) is 58.6. The fraction of sp³-hybridized carbons (Fsp3) is 0.677. The molecule has 0 rings (SSSR count). The predicted molar refractivity (Wildman–Crippen MR) is 307 cm³/mol. The summed E-state index contributed by atoms with van der Waals surface area (Å²) in [5, 5.41) is 0. The third kappa shape index (κ3) is 56.9. The van der Waals surface area contributed by atoms with Gasteiger partial charge >= 0.3 is 17.9 Å². The van der Waals surface area contributed by atoms with Gasteiger partial charge in [0.25, 0.3) is 0 Å². The Kier molecular flexibility index (Phi) is 55.4. The van der Waals surface area contributed by atoms with Crippen molar-refractivity contribution in [1.82, 2.24) is 0 Å². The van der Waals surface area contributed by atoms with Crippen molar-refractivity contribution >= 4 is 17.9 Å². The topological polar surface area (TPSA) is 78.9 Å². The van der Waals surface area contributed by atoms with Gasteiger partial charge in [-0.1, -0.05) is 226 Å². The van der Waals surface area contributed by atoms with Crippen molar-refractivity contribution in [2.24, 2.45) is 0 Å². The first kappa shape index (κ1) is 67.1. The summed E-state index contributed by atoms with van der Waals surface area (Å²) >= 11 is 0. The lowest BCUT2D eigenvalue weighted by molar-refractivity contribution is -0.167. The van der Waals surface area contributed by atoms with Gasteiger partial charge in [-0.25, -0.2) is 0 Å². The van der Waals surface area contributed by atoms with Gasteiger partial charge in [-0.2, -0.15) is 0 Å². The number of esters is 3. The number of hydrogen-bond acceptors (Lipinski definition) is 6. The minimum absolute atomic E-state index is 0.114. The van der Waals surface area contributed by atoms with Crippen LogP contribution in [0.15, 0.2) is 109 Å². The minimum Gasteiger partial charge on any atom is -0.462 e. The molecule has 0 amide bonds. The van der Waals surface area contributed by atoms with Crippen LogP contribution in [0.1, 0.15) is 265 Å². The predicted octanol–water partition coefficient (Wildman–Crippen LogP) is 19.9. The summed E-state index contributed by atoms with van der Waals surface area (Å²) in [6.07, 6.45) is 79.4. The highest BCUT2D eigenvalue weighted by Crippen LogP contribution is 2.13. The molecule has 0 bridgehead atoms. The van der Waals surface area contributed by atoms with E-state index in [0.29, 0.717) is 19.3 Å². The van der Waals surface area contributed by atoms with E-state index < -0.39 is 6.10 Å². The Morgan fingerprint density at radius 3 is 0.873 bits per heavy atom. The molecule has 0 saturated carbocycles. The molecule has 0 aromatic heterocycles. The average Bonchev–Trinajstić information content (AvgIpc) is 3.37. The molecule has 404 valence electrons. The molecule has 0 aromatic carbocycles. The van der Waals surface area contributed by atoms with E-state index in [1.165, 1.54) is 122 Å². The Bertz CT molecular complexity index is 1460. The summed E-state index contributed by atoms with van der Waals surface area (Å²) in [5.41, 5.74) is 0. The molecule has 0 unspecified atom stereocenters. The van der Waals surface area contributed by atoms with Crippen LogP contribution in [0, 0.1) is 0 Å². The molecule has 1 atom stereocenters. The Morgan fingerprint density at radius 2 is 0.521 bits per heavy atom. The first-order valence-corrected chi connectivity index (χ1v) is 29.4. The molecule has 0 aliphatic heterocycles. The summed E-state index contributed by atoms with van der Waals surface area (Å²) in [4.78, 5) is 38.2. The van der Waals surface area contributed by atoms with Gasteiger partial charge in [0.05, 0.1) is 0 Å². The van der Waals surface area contributed by atoms with E-state index in [2.05, 4.69) is 130 Å². The maximum atomic E-state index is 12.8. The third-order valence-electron chi connectivity index (χ3n) is 12.2. The first-order valence-electron chi connectivity index (χ1n) is 29.4. The second-order valence-electron chi connectivity index (χ2n) is 19.2. The average molecular weight is 986 g/mol. The molecule has 0 fully saturated rings. The number of carbonyl (C=O) groups is 3. The van der Waals surface area contributed by atoms with Gasteiger partial charge in [0, 0.05) is 19.3 Å². The van der Waals surface area contributed by atoms with Crippen molar-refractivity contribution in [3.63, 3.8) is 0 Å². The summed E-state index contributed by atoms with van der Waals surface area (Å²) in [6.45, 7) is 6.51. The second-order valence-corrected chi connectivity index (χ2v) is 19.2. The maximum Gasteiger partial charge on any atom is 0.306 e. The van der Waals surface area contributed by atoms with Crippen LogP contribution in [0.2, 0.25) is 0 Å². The molecule has 0 saturated heterocycles. The van der Waals surface area contributed by atoms with Crippen molar-refractivity contribution in [1.29, 1.82) is 0 Å². The van der Waals surface area contributed by atoms with Crippen molar-refractivity contribution in [3.05, 3.63) is 109 Å². The van der Waals surface area contributed by atoms with E-state index in [1.807, 2.05) is 0 Å². The SMILES string of the molecule is CCCCC/C=C\C/C=C\C/C=C\C/C=C\CCCCCC(=O)OC[C@H](COC(=O)CCCCCCCCC/C=C\C/C=C\CCCCC)OC(=O)CCC/C=C\C/C=C\C/C=C\CCCCCCCC. The third-order valence-corrected chi connectivity index (χ3v) is 12.2. The summed E-state index contributed by atoms with van der Waals surface area (Å²) in [6, 6.07) is 0. The van der Waals surface area contributed by atoms with Gasteiger partial charge in [-0.15, -0.1) is 0 Å². The lowest BCUT2D eigenvalue weighted by Gasteiger charge is -2.18. The molecular weight excluding hydrogens is 877 g/mol. The van der Waals surface area contributed by atoms with E-state index in [0.717, 1.165) is 96.3 Å². The van der Waals surface area contributed by atoms with E-state index >= 15 is 0 Å². The number of hydrogen-bond donors (Lipinski definition) is 0. The normalized spacial score (nSPS) is 12.9. The number of allylic oxidation sites excluding steroid dienone is 18.